The van der Waals surface area contributed by atoms with E-state index in [9.17, 15) is 8.78 Å². The fourth-order valence-corrected chi connectivity index (χ4v) is 1.35. The van der Waals surface area contributed by atoms with Crippen molar-refractivity contribution in [2.24, 2.45) is 0 Å². The van der Waals surface area contributed by atoms with Crippen LogP contribution >= 0.6 is 0 Å². The molecule has 0 spiro atoms. The number of halogens is 2. The van der Waals surface area contributed by atoms with Gasteiger partial charge in [-0.15, -0.1) is 0 Å². The van der Waals surface area contributed by atoms with Crippen LogP contribution in [0.2, 0.25) is 0 Å². The van der Waals surface area contributed by atoms with Gasteiger partial charge in [0.1, 0.15) is 0 Å². The Morgan fingerprint density at radius 3 is 3.08 bits per heavy atom. The van der Waals surface area contributed by atoms with E-state index in [-0.39, 0.29) is 5.69 Å². The summed E-state index contributed by atoms with van der Waals surface area (Å²) >= 11 is 0. The SMILES string of the molecule is FC(F)c1noc2c1CCNC2. The van der Waals surface area contributed by atoms with E-state index in [0.29, 0.717) is 30.8 Å². The number of fused-ring (bicyclic) bond motifs is 1. The summed E-state index contributed by atoms with van der Waals surface area (Å²) in [5.74, 6) is 0.552. The van der Waals surface area contributed by atoms with E-state index in [0.717, 1.165) is 0 Å². The van der Waals surface area contributed by atoms with Gasteiger partial charge in [-0.25, -0.2) is 8.78 Å². The maximum absolute atomic E-state index is 12.2. The molecule has 0 aliphatic carbocycles. The minimum atomic E-state index is -2.52. The predicted molar refractivity (Wildman–Crippen MR) is 36.9 cm³/mol. The molecule has 1 aliphatic rings. The molecule has 0 saturated heterocycles. The second kappa shape index (κ2) is 2.82. The predicted octanol–water partition coefficient (Wildman–Crippen LogP) is 1.26. The lowest BCUT2D eigenvalue weighted by Crippen LogP contribution is -2.23. The van der Waals surface area contributed by atoms with Gasteiger partial charge >= 0.3 is 0 Å². The van der Waals surface area contributed by atoms with E-state index >= 15 is 0 Å². The molecule has 1 aromatic rings. The first kappa shape index (κ1) is 7.67. The van der Waals surface area contributed by atoms with Crippen molar-refractivity contribution in [3.63, 3.8) is 0 Å². The Morgan fingerprint density at radius 1 is 1.50 bits per heavy atom. The lowest BCUT2D eigenvalue weighted by molar-refractivity contribution is 0.139. The highest BCUT2D eigenvalue weighted by Gasteiger charge is 2.24. The molecule has 0 aromatic carbocycles. The molecule has 3 nitrogen and oxygen atoms in total. The second-order valence-electron chi connectivity index (χ2n) is 2.70. The Hall–Kier alpha value is -0.970. The summed E-state index contributed by atoms with van der Waals surface area (Å²) in [6.45, 7) is 1.23. The molecule has 0 bridgehead atoms. The molecule has 12 heavy (non-hydrogen) atoms. The molecule has 1 aliphatic heterocycles. The van der Waals surface area contributed by atoms with E-state index in [1.165, 1.54) is 0 Å². The van der Waals surface area contributed by atoms with Crippen LogP contribution in [0.1, 0.15) is 23.4 Å². The van der Waals surface area contributed by atoms with E-state index < -0.39 is 6.43 Å². The molecule has 0 amide bonds. The zero-order valence-electron chi connectivity index (χ0n) is 6.31. The number of nitrogens with zero attached hydrogens (tertiary/aromatic N) is 1. The number of hydrogen-bond donors (Lipinski definition) is 1. The number of alkyl halides is 2. The van der Waals surface area contributed by atoms with Gasteiger partial charge in [0.15, 0.2) is 11.5 Å². The molecular formula is C7H8F2N2O. The Balaban J connectivity index is 2.38. The molecule has 2 heterocycles. The van der Waals surface area contributed by atoms with Crippen LogP contribution < -0.4 is 5.32 Å². The molecule has 0 radical (unpaired) electrons. The van der Waals surface area contributed by atoms with Crippen LogP contribution in [0.25, 0.3) is 0 Å². The van der Waals surface area contributed by atoms with Crippen molar-refractivity contribution in [3.05, 3.63) is 17.0 Å². The molecule has 0 unspecified atom stereocenters. The number of aromatic nitrogens is 1. The van der Waals surface area contributed by atoms with Gasteiger partial charge in [-0.1, -0.05) is 5.16 Å². The fraction of sp³-hybridized carbons (Fsp3) is 0.571. The monoisotopic (exact) mass is 174 g/mol. The molecule has 0 atom stereocenters. The zero-order chi connectivity index (χ0) is 8.55. The van der Waals surface area contributed by atoms with Crippen molar-refractivity contribution in [1.29, 1.82) is 0 Å². The van der Waals surface area contributed by atoms with Gasteiger partial charge in [0.2, 0.25) is 0 Å². The van der Waals surface area contributed by atoms with E-state index in [1.807, 2.05) is 0 Å². The van der Waals surface area contributed by atoms with Gasteiger partial charge in [-0.2, -0.15) is 0 Å². The zero-order valence-corrected chi connectivity index (χ0v) is 6.31. The molecule has 1 N–H and O–H groups in total. The lowest BCUT2D eigenvalue weighted by atomic mass is 10.1. The summed E-state index contributed by atoms with van der Waals surface area (Å²) < 4.78 is 29.2. The van der Waals surface area contributed by atoms with Crippen molar-refractivity contribution in [3.8, 4) is 0 Å². The van der Waals surface area contributed by atoms with Crippen molar-refractivity contribution in [2.45, 2.75) is 19.4 Å². The quantitative estimate of drug-likeness (QED) is 0.696. The molecule has 2 rings (SSSR count). The first-order valence-electron chi connectivity index (χ1n) is 3.75. The van der Waals surface area contributed by atoms with Gasteiger partial charge in [-0.05, 0) is 13.0 Å². The minimum absolute atomic E-state index is 0.188. The van der Waals surface area contributed by atoms with Crippen molar-refractivity contribution < 1.29 is 13.3 Å². The first-order chi connectivity index (χ1) is 5.79. The van der Waals surface area contributed by atoms with Gasteiger partial charge in [0.05, 0.1) is 6.54 Å². The van der Waals surface area contributed by atoms with Crippen molar-refractivity contribution >= 4 is 0 Å². The Labute approximate surface area is 67.7 Å². The lowest BCUT2D eigenvalue weighted by Gasteiger charge is -2.10. The van der Waals surface area contributed by atoms with E-state index in [1.54, 1.807) is 0 Å². The largest absolute Gasteiger partial charge is 0.359 e. The topological polar surface area (TPSA) is 38.1 Å². The Kier molecular flexibility index (Phi) is 1.80. The number of hydrogen-bond acceptors (Lipinski definition) is 3. The maximum Gasteiger partial charge on any atom is 0.284 e. The van der Waals surface area contributed by atoms with E-state index in [2.05, 4.69) is 10.5 Å². The van der Waals surface area contributed by atoms with Crippen LogP contribution in [0.5, 0.6) is 0 Å². The van der Waals surface area contributed by atoms with Crippen molar-refractivity contribution in [2.75, 3.05) is 6.54 Å². The van der Waals surface area contributed by atoms with Crippen LogP contribution in [0, 0.1) is 0 Å². The summed E-state index contributed by atoms with van der Waals surface area (Å²) in [6, 6.07) is 0. The highest BCUT2D eigenvalue weighted by Crippen LogP contribution is 2.26. The van der Waals surface area contributed by atoms with Crippen LogP contribution in [0.3, 0.4) is 0 Å². The molecule has 1 aromatic heterocycles. The van der Waals surface area contributed by atoms with E-state index in [4.69, 9.17) is 4.52 Å². The Bertz CT molecular complexity index is 285. The minimum Gasteiger partial charge on any atom is -0.359 e. The van der Waals surface area contributed by atoms with Gasteiger partial charge < -0.3 is 9.84 Å². The van der Waals surface area contributed by atoms with Crippen molar-refractivity contribution in [1.82, 2.24) is 10.5 Å². The third kappa shape index (κ3) is 1.10. The smallest absolute Gasteiger partial charge is 0.284 e. The third-order valence-electron chi connectivity index (χ3n) is 1.94. The Morgan fingerprint density at radius 2 is 2.33 bits per heavy atom. The molecule has 5 heteroatoms. The molecule has 66 valence electrons. The third-order valence-corrected chi connectivity index (χ3v) is 1.94. The molecule has 0 fully saturated rings. The van der Waals surface area contributed by atoms with Gasteiger partial charge in [0, 0.05) is 5.56 Å². The number of rotatable bonds is 1. The molecular weight excluding hydrogens is 166 g/mol. The average Bonchev–Trinajstić information content (AvgIpc) is 2.47. The summed E-state index contributed by atoms with van der Waals surface area (Å²) in [5, 5.41) is 6.35. The van der Waals surface area contributed by atoms with Crippen LogP contribution in [-0.2, 0) is 13.0 Å². The second-order valence-corrected chi connectivity index (χ2v) is 2.70. The summed E-state index contributed by atoms with van der Waals surface area (Å²) in [7, 11) is 0. The highest BCUT2D eigenvalue weighted by molar-refractivity contribution is 5.25. The van der Waals surface area contributed by atoms with Crippen LogP contribution in [0.15, 0.2) is 4.52 Å². The normalized spacial score (nSPS) is 16.6. The van der Waals surface area contributed by atoms with Gasteiger partial charge in [0.25, 0.3) is 6.43 Å². The summed E-state index contributed by atoms with van der Waals surface area (Å²) in [5.41, 5.74) is 0.398. The average molecular weight is 174 g/mol. The van der Waals surface area contributed by atoms with Crippen LogP contribution in [0.4, 0.5) is 8.78 Å². The van der Waals surface area contributed by atoms with Gasteiger partial charge in [-0.3, -0.25) is 0 Å². The molecule has 0 saturated carbocycles. The highest BCUT2D eigenvalue weighted by atomic mass is 19.3. The standard InChI is InChI=1S/C7H8F2N2O/c8-7(9)6-4-1-2-10-3-5(4)12-11-6/h7,10H,1-3H2. The number of nitrogens with one attached hydrogen (secondary N) is 1. The fourth-order valence-electron chi connectivity index (χ4n) is 1.35. The summed E-state index contributed by atoms with van der Waals surface area (Å²) in [4.78, 5) is 0. The maximum atomic E-state index is 12.2. The van der Waals surface area contributed by atoms with Crippen LogP contribution in [-0.4, -0.2) is 11.7 Å². The summed E-state index contributed by atoms with van der Waals surface area (Å²) in [6.07, 6.45) is -1.94. The first-order valence-corrected chi connectivity index (χ1v) is 3.75.